The third-order valence-electron chi connectivity index (χ3n) is 4.81. The average Bonchev–Trinajstić information content (AvgIpc) is 3.43. The summed E-state index contributed by atoms with van der Waals surface area (Å²) in [5, 5.41) is 7.30. The SMILES string of the molecule is Cc1cc(NC(=O)c2ccc(COc3c(Cl)c(Cl)c(Cl)c(Cl)c3Cl)o2)nn1Cc1ccccc1. The van der Waals surface area contributed by atoms with E-state index >= 15 is 0 Å². The molecule has 1 N–H and O–H groups in total. The second kappa shape index (κ2) is 10.5. The number of rotatable bonds is 7. The molecule has 4 aromatic rings. The lowest BCUT2D eigenvalue weighted by Crippen LogP contribution is -2.12. The van der Waals surface area contributed by atoms with E-state index in [0.717, 1.165) is 11.3 Å². The predicted molar refractivity (Wildman–Crippen MR) is 135 cm³/mol. The Hall–Kier alpha value is -2.35. The summed E-state index contributed by atoms with van der Waals surface area (Å²) in [4.78, 5) is 12.6. The monoisotopic (exact) mass is 557 g/mol. The first kappa shape index (κ1) is 24.8. The molecule has 176 valence electrons. The van der Waals surface area contributed by atoms with Crippen molar-refractivity contribution in [2.24, 2.45) is 0 Å². The molecule has 0 fully saturated rings. The number of carbonyl (C=O) groups is 1. The molecule has 0 aliphatic carbocycles. The molecule has 0 bridgehead atoms. The fourth-order valence-electron chi connectivity index (χ4n) is 3.10. The first-order valence-corrected chi connectivity index (χ1v) is 11.8. The molecule has 0 atom stereocenters. The minimum atomic E-state index is -0.454. The number of aryl methyl sites for hydroxylation is 1. The van der Waals surface area contributed by atoms with E-state index in [2.05, 4.69) is 10.4 Å². The third kappa shape index (κ3) is 5.32. The van der Waals surface area contributed by atoms with Crippen LogP contribution in [0.1, 0.15) is 27.6 Å². The van der Waals surface area contributed by atoms with E-state index in [0.29, 0.717) is 18.1 Å². The van der Waals surface area contributed by atoms with Crippen molar-refractivity contribution >= 4 is 69.7 Å². The van der Waals surface area contributed by atoms with Gasteiger partial charge < -0.3 is 14.5 Å². The van der Waals surface area contributed by atoms with Crippen molar-refractivity contribution < 1.29 is 13.9 Å². The largest absolute Gasteiger partial charge is 0.482 e. The summed E-state index contributed by atoms with van der Waals surface area (Å²) in [6.07, 6.45) is 0. The molecule has 0 unspecified atom stereocenters. The zero-order valence-corrected chi connectivity index (χ0v) is 21.3. The Morgan fingerprint density at radius 1 is 0.971 bits per heavy atom. The minimum Gasteiger partial charge on any atom is -0.482 e. The highest BCUT2D eigenvalue weighted by Crippen LogP contribution is 2.48. The first-order chi connectivity index (χ1) is 16.2. The van der Waals surface area contributed by atoms with E-state index in [9.17, 15) is 4.79 Å². The summed E-state index contributed by atoms with van der Waals surface area (Å²) >= 11 is 30.4. The Kier molecular flexibility index (Phi) is 7.65. The number of aromatic nitrogens is 2. The molecule has 6 nitrogen and oxygen atoms in total. The highest BCUT2D eigenvalue weighted by molar-refractivity contribution is 6.55. The van der Waals surface area contributed by atoms with Gasteiger partial charge in [-0.25, -0.2) is 0 Å². The van der Waals surface area contributed by atoms with Gasteiger partial charge in [-0.2, -0.15) is 5.10 Å². The fraction of sp³-hybridized carbons (Fsp3) is 0.130. The Labute approximate surface area is 220 Å². The minimum absolute atomic E-state index is 0.0204. The van der Waals surface area contributed by atoms with E-state index in [-0.39, 0.29) is 43.2 Å². The number of furan rings is 1. The van der Waals surface area contributed by atoms with Gasteiger partial charge in [-0.05, 0) is 24.6 Å². The normalized spacial score (nSPS) is 11.0. The molecule has 0 saturated carbocycles. The zero-order chi connectivity index (χ0) is 24.4. The van der Waals surface area contributed by atoms with Crippen LogP contribution in [0.5, 0.6) is 5.75 Å². The summed E-state index contributed by atoms with van der Waals surface area (Å²) in [5.41, 5.74) is 2.01. The second-order valence-corrected chi connectivity index (χ2v) is 9.11. The van der Waals surface area contributed by atoms with Crippen molar-refractivity contribution in [3.8, 4) is 5.75 Å². The molecule has 0 saturated heterocycles. The van der Waals surface area contributed by atoms with Crippen LogP contribution in [0, 0.1) is 6.92 Å². The standard InChI is InChI=1S/C23H16Cl5N3O3/c1-12-9-16(30-31(12)10-13-5-3-2-4-6-13)29-23(32)15-8-7-14(34-15)11-33-22-20(27)18(25)17(24)19(26)21(22)28/h2-9H,10-11H2,1H3,(H,29,30,32). The average molecular weight is 560 g/mol. The van der Waals surface area contributed by atoms with Crippen molar-refractivity contribution in [1.29, 1.82) is 0 Å². The summed E-state index contributed by atoms with van der Waals surface area (Å²) in [5.74, 6) is 0.453. The number of anilines is 1. The van der Waals surface area contributed by atoms with E-state index < -0.39 is 5.91 Å². The lowest BCUT2D eigenvalue weighted by molar-refractivity contribution is 0.0992. The molecule has 0 radical (unpaired) electrons. The number of nitrogens with one attached hydrogen (secondary N) is 1. The molecular formula is C23H16Cl5N3O3. The molecule has 0 aliphatic rings. The van der Waals surface area contributed by atoms with Gasteiger partial charge in [-0.3, -0.25) is 9.48 Å². The van der Waals surface area contributed by atoms with Gasteiger partial charge in [0.1, 0.15) is 22.4 Å². The second-order valence-electron chi connectivity index (χ2n) is 7.22. The van der Waals surface area contributed by atoms with Crippen molar-refractivity contribution in [3.63, 3.8) is 0 Å². The quantitative estimate of drug-likeness (QED) is 0.184. The molecule has 2 aromatic carbocycles. The van der Waals surface area contributed by atoms with Crippen molar-refractivity contribution in [2.75, 3.05) is 5.32 Å². The van der Waals surface area contributed by atoms with E-state index in [4.69, 9.17) is 67.2 Å². The van der Waals surface area contributed by atoms with Crippen LogP contribution >= 0.6 is 58.0 Å². The summed E-state index contributed by atoms with van der Waals surface area (Å²) in [7, 11) is 0. The van der Waals surface area contributed by atoms with E-state index in [1.165, 1.54) is 6.07 Å². The van der Waals surface area contributed by atoms with Gasteiger partial charge in [0.25, 0.3) is 5.91 Å². The number of hydrogen-bond donors (Lipinski definition) is 1. The maximum absolute atomic E-state index is 12.6. The fourth-order valence-corrected chi connectivity index (χ4v) is 4.33. The lowest BCUT2D eigenvalue weighted by Gasteiger charge is -2.12. The van der Waals surface area contributed by atoms with Crippen LogP contribution in [0.25, 0.3) is 0 Å². The molecule has 4 rings (SSSR count). The lowest BCUT2D eigenvalue weighted by atomic mass is 10.2. The molecule has 1 amide bonds. The maximum atomic E-state index is 12.6. The Balaban J connectivity index is 1.41. The van der Waals surface area contributed by atoms with Gasteiger partial charge >= 0.3 is 0 Å². The molecule has 2 heterocycles. The number of amides is 1. The molecule has 0 spiro atoms. The van der Waals surface area contributed by atoms with E-state index in [1.54, 1.807) is 12.1 Å². The molecule has 2 aromatic heterocycles. The summed E-state index contributed by atoms with van der Waals surface area (Å²) in [6.45, 7) is 2.43. The van der Waals surface area contributed by atoms with Gasteiger partial charge in [0.05, 0.1) is 21.6 Å². The molecule has 34 heavy (non-hydrogen) atoms. The number of halogens is 5. The van der Waals surface area contributed by atoms with Gasteiger partial charge in [0.2, 0.25) is 0 Å². The predicted octanol–water partition coefficient (Wildman–Crippen LogP) is 7.93. The van der Waals surface area contributed by atoms with Crippen LogP contribution in [0.4, 0.5) is 5.82 Å². The number of ether oxygens (including phenoxy) is 1. The molecule has 11 heteroatoms. The third-order valence-corrected chi connectivity index (χ3v) is 7.05. The van der Waals surface area contributed by atoms with Gasteiger partial charge in [0.15, 0.2) is 17.3 Å². The Bertz CT molecular complexity index is 1320. The molecular weight excluding hydrogens is 544 g/mol. The zero-order valence-electron chi connectivity index (χ0n) is 17.5. The van der Waals surface area contributed by atoms with Crippen LogP contribution in [0.3, 0.4) is 0 Å². The van der Waals surface area contributed by atoms with Crippen LogP contribution in [-0.2, 0) is 13.2 Å². The van der Waals surface area contributed by atoms with Gasteiger partial charge in [-0.1, -0.05) is 88.3 Å². The Morgan fingerprint density at radius 2 is 1.62 bits per heavy atom. The van der Waals surface area contributed by atoms with Crippen LogP contribution < -0.4 is 10.1 Å². The number of benzene rings is 2. The highest BCUT2D eigenvalue weighted by Gasteiger charge is 2.21. The van der Waals surface area contributed by atoms with Crippen LogP contribution in [0.2, 0.25) is 25.1 Å². The van der Waals surface area contributed by atoms with Gasteiger partial charge in [-0.15, -0.1) is 0 Å². The van der Waals surface area contributed by atoms with Crippen molar-refractivity contribution in [1.82, 2.24) is 9.78 Å². The van der Waals surface area contributed by atoms with Crippen LogP contribution in [0.15, 0.2) is 52.9 Å². The molecule has 0 aliphatic heterocycles. The van der Waals surface area contributed by atoms with E-state index in [1.807, 2.05) is 41.9 Å². The summed E-state index contributed by atoms with van der Waals surface area (Å²) in [6, 6.07) is 14.8. The Morgan fingerprint density at radius 3 is 2.29 bits per heavy atom. The topological polar surface area (TPSA) is 69.3 Å². The van der Waals surface area contributed by atoms with Crippen molar-refractivity contribution in [3.05, 3.63) is 96.4 Å². The maximum Gasteiger partial charge on any atom is 0.292 e. The smallest absolute Gasteiger partial charge is 0.292 e. The van der Waals surface area contributed by atoms with Crippen LogP contribution in [-0.4, -0.2) is 15.7 Å². The van der Waals surface area contributed by atoms with Crippen molar-refractivity contribution in [2.45, 2.75) is 20.1 Å². The highest BCUT2D eigenvalue weighted by atomic mass is 35.5. The van der Waals surface area contributed by atoms with Gasteiger partial charge in [0, 0.05) is 11.8 Å². The first-order valence-electron chi connectivity index (χ1n) is 9.87. The number of carbonyl (C=O) groups excluding carboxylic acids is 1. The summed E-state index contributed by atoms with van der Waals surface area (Å²) < 4.78 is 13.0. The number of nitrogens with zero attached hydrogens (tertiary/aromatic N) is 2. The number of hydrogen-bond acceptors (Lipinski definition) is 4.